The summed E-state index contributed by atoms with van der Waals surface area (Å²) in [5.41, 5.74) is -0.212. The first-order chi connectivity index (χ1) is 11.5. The molecule has 1 aromatic rings. The van der Waals surface area contributed by atoms with Crippen LogP contribution in [0.1, 0.15) is 58.1 Å². The van der Waals surface area contributed by atoms with Crippen LogP contribution in [-0.4, -0.2) is 26.7 Å². The molecule has 24 heavy (non-hydrogen) atoms. The van der Waals surface area contributed by atoms with Gasteiger partial charge in [-0.15, -0.1) is 0 Å². The van der Waals surface area contributed by atoms with Gasteiger partial charge in [-0.2, -0.15) is 5.26 Å². The molecule has 0 bridgehead atoms. The van der Waals surface area contributed by atoms with Gasteiger partial charge >= 0.3 is 0 Å². The number of aromatic amines is 1. The van der Waals surface area contributed by atoms with E-state index in [1.54, 1.807) is 6.92 Å². The Balaban J connectivity index is 2.03. The van der Waals surface area contributed by atoms with E-state index in [2.05, 4.69) is 21.4 Å². The number of carbonyl (C=O) groups is 1. The SMILES string of the molecule is CCCc1cc(=O)[nH]c(S[C@H](C)C(=O)NC2(C#N)CCCCC2)n1. The summed E-state index contributed by atoms with van der Waals surface area (Å²) in [6.45, 7) is 3.79. The number of nitrogens with zero attached hydrogens (tertiary/aromatic N) is 2. The molecule has 0 aromatic carbocycles. The molecule has 1 saturated carbocycles. The predicted molar refractivity (Wildman–Crippen MR) is 93.7 cm³/mol. The Morgan fingerprint density at radius 2 is 2.21 bits per heavy atom. The number of H-pyrrole nitrogens is 1. The number of thioether (sulfide) groups is 1. The summed E-state index contributed by atoms with van der Waals surface area (Å²) in [5, 5.41) is 12.4. The van der Waals surface area contributed by atoms with Crippen molar-refractivity contribution in [3.05, 3.63) is 22.1 Å². The summed E-state index contributed by atoms with van der Waals surface area (Å²) in [6, 6.07) is 3.78. The van der Waals surface area contributed by atoms with Gasteiger partial charge in [-0.3, -0.25) is 9.59 Å². The zero-order valence-corrected chi connectivity index (χ0v) is 15.0. The first kappa shape index (κ1) is 18.5. The van der Waals surface area contributed by atoms with Crippen molar-refractivity contribution < 1.29 is 4.79 Å². The van der Waals surface area contributed by atoms with E-state index in [9.17, 15) is 14.9 Å². The van der Waals surface area contributed by atoms with Gasteiger partial charge in [-0.05, 0) is 26.2 Å². The minimum atomic E-state index is -0.741. The van der Waals surface area contributed by atoms with E-state index in [1.165, 1.54) is 17.8 Å². The Bertz CT molecular complexity index is 674. The molecule has 0 spiro atoms. The average Bonchev–Trinajstić information content (AvgIpc) is 2.55. The Kier molecular flexibility index (Phi) is 6.44. The molecule has 6 nitrogen and oxygen atoms in total. The highest BCUT2D eigenvalue weighted by Crippen LogP contribution is 2.28. The standard InChI is InChI=1S/C17H24N4O2S/c1-3-7-13-10-14(22)20-16(19-13)24-12(2)15(23)21-17(11-18)8-5-4-6-9-17/h10,12H,3-9H2,1-2H3,(H,21,23)(H,19,20,22)/t12-/m1/s1. The molecular weight excluding hydrogens is 324 g/mol. The third kappa shape index (κ3) is 4.84. The number of hydrogen-bond donors (Lipinski definition) is 2. The molecule has 7 heteroatoms. The first-order valence-electron chi connectivity index (χ1n) is 8.48. The lowest BCUT2D eigenvalue weighted by atomic mass is 9.83. The van der Waals surface area contributed by atoms with Crippen LogP contribution in [-0.2, 0) is 11.2 Å². The van der Waals surface area contributed by atoms with E-state index < -0.39 is 10.8 Å². The van der Waals surface area contributed by atoms with Gasteiger partial charge in [0, 0.05) is 11.8 Å². The quantitative estimate of drug-likeness (QED) is 0.608. The van der Waals surface area contributed by atoms with Crippen LogP contribution in [0.3, 0.4) is 0 Å². The topological polar surface area (TPSA) is 98.6 Å². The number of carbonyl (C=O) groups excluding carboxylic acids is 1. The van der Waals surface area contributed by atoms with Crippen LogP contribution in [0.5, 0.6) is 0 Å². The van der Waals surface area contributed by atoms with Crippen molar-refractivity contribution >= 4 is 17.7 Å². The van der Waals surface area contributed by atoms with Crippen molar-refractivity contribution in [2.75, 3.05) is 0 Å². The monoisotopic (exact) mass is 348 g/mol. The maximum Gasteiger partial charge on any atom is 0.251 e. The number of nitrogens with one attached hydrogen (secondary N) is 2. The zero-order valence-electron chi connectivity index (χ0n) is 14.2. The first-order valence-corrected chi connectivity index (χ1v) is 9.36. The van der Waals surface area contributed by atoms with Crippen LogP contribution in [0.15, 0.2) is 16.0 Å². The highest BCUT2D eigenvalue weighted by atomic mass is 32.2. The number of rotatable bonds is 6. The Hall–Kier alpha value is -1.81. The largest absolute Gasteiger partial charge is 0.337 e. The molecule has 2 N–H and O–H groups in total. The molecular formula is C17H24N4O2S. The lowest BCUT2D eigenvalue weighted by Gasteiger charge is -2.32. The van der Waals surface area contributed by atoms with E-state index in [1.807, 2.05) is 6.92 Å². The lowest BCUT2D eigenvalue weighted by Crippen LogP contribution is -2.51. The van der Waals surface area contributed by atoms with Gasteiger partial charge in [0.2, 0.25) is 5.91 Å². The zero-order chi connectivity index (χ0) is 17.6. The fourth-order valence-electron chi connectivity index (χ4n) is 2.90. The van der Waals surface area contributed by atoms with E-state index in [-0.39, 0.29) is 11.5 Å². The third-order valence-electron chi connectivity index (χ3n) is 4.22. The van der Waals surface area contributed by atoms with Crippen molar-refractivity contribution in [1.82, 2.24) is 15.3 Å². The summed E-state index contributed by atoms with van der Waals surface area (Å²) in [5.74, 6) is -0.188. The van der Waals surface area contributed by atoms with Crippen molar-refractivity contribution in [2.45, 2.75) is 74.7 Å². The Labute approximate surface area is 146 Å². The average molecular weight is 348 g/mol. The summed E-state index contributed by atoms with van der Waals surface area (Å²) in [7, 11) is 0. The highest BCUT2D eigenvalue weighted by Gasteiger charge is 2.35. The Morgan fingerprint density at radius 3 is 2.83 bits per heavy atom. The maximum absolute atomic E-state index is 12.5. The second-order valence-corrected chi connectivity index (χ2v) is 7.63. The molecule has 0 radical (unpaired) electrons. The van der Waals surface area contributed by atoms with Crippen LogP contribution in [0.25, 0.3) is 0 Å². The smallest absolute Gasteiger partial charge is 0.251 e. The van der Waals surface area contributed by atoms with Crippen LogP contribution in [0, 0.1) is 11.3 Å². The number of nitriles is 1. The van der Waals surface area contributed by atoms with E-state index in [0.717, 1.165) is 37.8 Å². The van der Waals surface area contributed by atoms with E-state index in [4.69, 9.17) is 0 Å². The summed E-state index contributed by atoms with van der Waals surface area (Å²) in [4.78, 5) is 31.2. The molecule has 1 atom stereocenters. The minimum Gasteiger partial charge on any atom is -0.337 e. The number of aryl methyl sites for hydroxylation is 1. The van der Waals surface area contributed by atoms with E-state index in [0.29, 0.717) is 18.0 Å². The molecule has 130 valence electrons. The van der Waals surface area contributed by atoms with Crippen molar-refractivity contribution in [2.24, 2.45) is 0 Å². The summed E-state index contributed by atoms with van der Waals surface area (Å²) < 4.78 is 0. The predicted octanol–water partition coefficient (Wildman–Crippen LogP) is 2.55. The third-order valence-corrected chi connectivity index (χ3v) is 5.20. The molecule has 0 aliphatic heterocycles. The molecule has 1 aromatic heterocycles. The number of aromatic nitrogens is 2. The van der Waals surface area contributed by atoms with Gasteiger partial charge in [0.1, 0.15) is 5.54 Å². The number of amides is 1. The molecule has 1 aliphatic carbocycles. The molecule has 1 fully saturated rings. The van der Waals surface area contributed by atoms with Gasteiger partial charge in [0.15, 0.2) is 5.16 Å². The molecule has 1 aliphatic rings. The van der Waals surface area contributed by atoms with Gasteiger partial charge in [-0.25, -0.2) is 4.98 Å². The van der Waals surface area contributed by atoms with E-state index >= 15 is 0 Å². The normalized spacial score (nSPS) is 17.7. The van der Waals surface area contributed by atoms with Crippen LogP contribution in [0.4, 0.5) is 0 Å². The second kappa shape index (κ2) is 8.34. The molecule has 2 rings (SSSR count). The van der Waals surface area contributed by atoms with Gasteiger partial charge < -0.3 is 10.3 Å². The molecule has 0 saturated heterocycles. The van der Waals surface area contributed by atoms with Crippen LogP contribution >= 0.6 is 11.8 Å². The number of hydrogen-bond acceptors (Lipinski definition) is 5. The molecule has 0 unspecified atom stereocenters. The fourth-order valence-corrected chi connectivity index (χ4v) is 3.73. The van der Waals surface area contributed by atoms with Crippen LogP contribution < -0.4 is 10.9 Å². The van der Waals surface area contributed by atoms with Crippen LogP contribution in [0.2, 0.25) is 0 Å². The molecule has 1 heterocycles. The highest BCUT2D eigenvalue weighted by molar-refractivity contribution is 8.00. The fraction of sp³-hybridized carbons (Fsp3) is 0.647. The maximum atomic E-state index is 12.5. The second-order valence-electron chi connectivity index (χ2n) is 6.30. The van der Waals surface area contributed by atoms with Gasteiger partial charge in [0.05, 0.1) is 11.3 Å². The Morgan fingerprint density at radius 1 is 1.50 bits per heavy atom. The molecule has 1 amide bonds. The van der Waals surface area contributed by atoms with Gasteiger partial charge in [0.25, 0.3) is 5.56 Å². The minimum absolute atomic E-state index is 0.188. The summed E-state index contributed by atoms with van der Waals surface area (Å²) in [6.07, 6.45) is 6.07. The lowest BCUT2D eigenvalue weighted by molar-refractivity contribution is -0.121. The van der Waals surface area contributed by atoms with Crippen molar-refractivity contribution in [3.8, 4) is 6.07 Å². The summed E-state index contributed by atoms with van der Waals surface area (Å²) >= 11 is 1.22. The van der Waals surface area contributed by atoms with Crippen molar-refractivity contribution in [3.63, 3.8) is 0 Å². The van der Waals surface area contributed by atoms with Crippen molar-refractivity contribution in [1.29, 1.82) is 5.26 Å². The van der Waals surface area contributed by atoms with Gasteiger partial charge in [-0.1, -0.05) is 44.4 Å².